The molecule has 2 amide bonds. The minimum Gasteiger partial charge on any atom is -0.507 e. The maximum absolute atomic E-state index is 11.9. The van der Waals surface area contributed by atoms with E-state index in [0.717, 1.165) is 5.56 Å². The summed E-state index contributed by atoms with van der Waals surface area (Å²) in [6.45, 7) is 1.60. The highest BCUT2D eigenvalue weighted by Gasteiger charge is 2.07. The highest BCUT2D eigenvalue weighted by atomic mass is 35.5. The Bertz CT molecular complexity index is 806. The summed E-state index contributed by atoms with van der Waals surface area (Å²) in [6.07, 6.45) is 3.10. The van der Waals surface area contributed by atoms with Crippen LogP contribution in [0.25, 0.3) is 6.08 Å². The Hall–Kier alpha value is -2.99. The van der Waals surface area contributed by atoms with Gasteiger partial charge in [0.1, 0.15) is 5.75 Å². The Morgan fingerprint density at radius 1 is 1.20 bits per heavy atom. The highest BCUT2D eigenvalue weighted by Crippen LogP contribution is 2.22. The summed E-state index contributed by atoms with van der Waals surface area (Å²) >= 11 is 5.81. The molecule has 0 heterocycles. The lowest BCUT2D eigenvalue weighted by atomic mass is 10.1. The molecule has 7 heteroatoms. The molecule has 0 aliphatic carbocycles. The fraction of sp³-hybridized carbons (Fsp3) is 0.111. The number of amides is 2. The number of aromatic hydroxyl groups is 1. The number of aryl methyl sites for hydroxylation is 1. The molecule has 0 aromatic heterocycles. The van der Waals surface area contributed by atoms with Crippen LogP contribution in [0.2, 0.25) is 5.02 Å². The van der Waals surface area contributed by atoms with Crippen LogP contribution in [0.15, 0.2) is 48.7 Å². The van der Waals surface area contributed by atoms with Gasteiger partial charge in [0.2, 0.25) is 0 Å². The van der Waals surface area contributed by atoms with E-state index in [2.05, 4.69) is 16.2 Å². The fourth-order valence-corrected chi connectivity index (χ4v) is 2.20. The van der Waals surface area contributed by atoms with Crippen LogP contribution in [0.4, 0.5) is 0 Å². The molecule has 2 rings (SSSR count). The molecule has 2 aromatic carbocycles. The first-order valence-electron chi connectivity index (χ1n) is 7.50. The molecule has 0 saturated carbocycles. The van der Waals surface area contributed by atoms with E-state index in [1.54, 1.807) is 43.3 Å². The van der Waals surface area contributed by atoms with E-state index in [9.17, 15) is 14.7 Å². The van der Waals surface area contributed by atoms with E-state index in [1.165, 1.54) is 12.3 Å². The van der Waals surface area contributed by atoms with Crippen LogP contribution in [0.5, 0.6) is 5.75 Å². The Labute approximate surface area is 150 Å². The number of para-hydroxylation sites is 1. The lowest BCUT2D eigenvalue weighted by Crippen LogP contribution is -2.41. The van der Waals surface area contributed by atoms with Crippen molar-refractivity contribution in [1.29, 1.82) is 0 Å². The maximum Gasteiger partial charge on any atom is 0.257 e. The number of carbonyl (C=O) groups is 2. The average Bonchev–Trinajstić information content (AvgIpc) is 2.60. The van der Waals surface area contributed by atoms with E-state index in [1.807, 2.05) is 6.07 Å². The number of hydrogen-bond acceptors (Lipinski definition) is 4. The quantitative estimate of drug-likeness (QED) is 0.596. The van der Waals surface area contributed by atoms with Crippen LogP contribution >= 0.6 is 11.6 Å². The first-order chi connectivity index (χ1) is 12.0. The number of hydrogen-bond donors (Lipinski definition) is 4. The topological polar surface area (TPSA) is 90.5 Å². The molecule has 0 aliphatic rings. The van der Waals surface area contributed by atoms with Gasteiger partial charge in [0.05, 0.1) is 6.54 Å². The number of benzene rings is 2. The number of halogens is 1. The maximum atomic E-state index is 11.9. The van der Waals surface area contributed by atoms with Crippen molar-refractivity contribution in [2.24, 2.45) is 0 Å². The first-order valence-corrected chi connectivity index (χ1v) is 7.88. The molecule has 2 aromatic rings. The third-order valence-corrected chi connectivity index (χ3v) is 3.56. The Morgan fingerprint density at radius 2 is 1.96 bits per heavy atom. The summed E-state index contributed by atoms with van der Waals surface area (Å²) in [5.41, 5.74) is 6.75. The van der Waals surface area contributed by atoms with Crippen LogP contribution in [-0.4, -0.2) is 23.5 Å². The van der Waals surface area contributed by atoms with Crippen molar-refractivity contribution in [3.8, 4) is 5.75 Å². The number of carbonyl (C=O) groups excluding carboxylic acids is 2. The van der Waals surface area contributed by atoms with Gasteiger partial charge >= 0.3 is 0 Å². The van der Waals surface area contributed by atoms with Crippen molar-refractivity contribution < 1.29 is 14.7 Å². The zero-order valence-electron chi connectivity index (χ0n) is 13.5. The molecule has 0 radical (unpaired) electrons. The Balaban J connectivity index is 1.76. The minimum atomic E-state index is -0.423. The summed E-state index contributed by atoms with van der Waals surface area (Å²) in [4.78, 5) is 23.6. The smallest absolute Gasteiger partial charge is 0.257 e. The van der Waals surface area contributed by atoms with Gasteiger partial charge in [-0.25, -0.2) is 0 Å². The zero-order chi connectivity index (χ0) is 18.2. The van der Waals surface area contributed by atoms with Gasteiger partial charge < -0.3 is 15.8 Å². The second-order valence-corrected chi connectivity index (χ2v) is 5.67. The fourth-order valence-electron chi connectivity index (χ4n) is 2.01. The molecule has 0 spiro atoms. The lowest BCUT2D eigenvalue weighted by Gasteiger charge is -2.07. The van der Waals surface area contributed by atoms with Crippen molar-refractivity contribution in [2.45, 2.75) is 6.92 Å². The number of rotatable bonds is 6. The largest absolute Gasteiger partial charge is 0.507 e. The monoisotopic (exact) mass is 359 g/mol. The number of nitrogens with one attached hydrogen (secondary N) is 3. The van der Waals surface area contributed by atoms with Gasteiger partial charge in [-0.3, -0.25) is 15.0 Å². The van der Waals surface area contributed by atoms with E-state index >= 15 is 0 Å². The summed E-state index contributed by atoms with van der Waals surface area (Å²) < 4.78 is 0. The second-order valence-electron chi connectivity index (χ2n) is 5.23. The summed E-state index contributed by atoms with van der Waals surface area (Å²) in [7, 11) is 0. The van der Waals surface area contributed by atoms with Gasteiger partial charge in [0, 0.05) is 22.3 Å². The van der Waals surface area contributed by atoms with Gasteiger partial charge in [0.25, 0.3) is 11.8 Å². The molecule has 4 N–H and O–H groups in total. The average molecular weight is 360 g/mol. The lowest BCUT2D eigenvalue weighted by molar-refractivity contribution is -0.120. The van der Waals surface area contributed by atoms with Crippen LogP contribution in [-0.2, 0) is 4.79 Å². The van der Waals surface area contributed by atoms with Gasteiger partial charge in [-0.2, -0.15) is 0 Å². The highest BCUT2D eigenvalue weighted by molar-refractivity contribution is 6.30. The van der Waals surface area contributed by atoms with Gasteiger partial charge in [-0.1, -0.05) is 35.9 Å². The van der Waals surface area contributed by atoms with Crippen molar-refractivity contribution in [3.05, 3.63) is 70.4 Å². The molecule has 6 nitrogen and oxygen atoms in total. The van der Waals surface area contributed by atoms with E-state index < -0.39 is 11.8 Å². The number of hydrazine groups is 1. The summed E-state index contributed by atoms with van der Waals surface area (Å²) in [5.74, 6) is -0.632. The van der Waals surface area contributed by atoms with Crippen molar-refractivity contribution >= 4 is 29.5 Å². The SMILES string of the molecule is Cc1cccc(/C=C/NNC(=O)CNC(=O)c2cccc(Cl)c2)c1O. The Kier molecular flexibility index (Phi) is 6.42. The van der Waals surface area contributed by atoms with Crippen LogP contribution in [0.3, 0.4) is 0 Å². The Morgan fingerprint density at radius 3 is 2.72 bits per heavy atom. The zero-order valence-corrected chi connectivity index (χ0v) is 14.3. The summed E-state index contributed by atoms with van der Waals surface area (Å²) in [6, 6.07) is 11.8. The minimum absolute atomic E-state index is 0.181. The molecular formula is C18H18ClN3O3. The van der Waals surface area contributed by atoms with Gasteiger partial charge in [-0.05, 0) is 36.8 Å². The standard InChI is InChI=1S/C18H18ClN3O3/c1-12-4-2-5-13(17(12)24)8-9-21-22-16(23)11-20-18(25)14-6-3-7-15(19)10-14/h2-10,21,24H,11H2,1H3,(H,20,25)(H,22,23)/b9-8+. The molecular weight excluding hydrogens is 342 g/mol. The molecule has 0 atom stereocenters. The van der Waals surface area contributed by atoms with Crippen molar-refractivity contribution in [2.75, 3.05) is 6.54 Å². The van der Waals surface area contributed by atoms with E-state index in [-0.39, 0.29) is 12.3 Å². The molecule has 0 unspecified atom stereocenters. The predicted molar refractivity (Wildman–Crippen MR) is 96.9 cm³/mol. The number of phenolic OH excluding ortho intramolecular Hbond substituents is 1. The molecule has 0 bridgehead atoms. The number of phenols is 1. The normalized spacial score (nSPS) is 10.5. The molecule has 0 saturated heterocycles. The van der Waals surface area contributed by atoms with Crippen LogP contribution in [0, 0.1) is 6.92 Å². The molecule has 130 valence electrons. The predicted octanol–water partition coefficient (Wildman–Crippen LogP) is 2.38. The van der Waals surface area contributed by atoms with Crippen LogP contribution < -0.4 is 16.2 Å². The molecule has 0 aliphatic heterocycles. The van der Waals surface area contributed by atoms with E-state index in [4.69, 9.17) is 11.6 Å². The third-order valence-electron chi connectivity index (χ3n) is 3.32. The van der Waals surface area contributed by atoms with Crippen molar-refractivity contribution in [1.82, 2.24) is 16.2 Å². The van der Waals surface area contributed by atoms with Gasteiger partial charge in [-0.15, -0.1) is 0 Å². The molecule has 25 heavy (non-hydrogen) atoms. The van der Waals surface area contributed by atoms with Crippen molar-refractivity contribution in [3.63, 3.8) is 0 Å². The van der Waals surface area contributed by atoms with Gasteiger partial charge in [0.15, 0.2) is 0 Å². The van der Waals surface area contributed by atoms with E-state index in [0.29, 0.717) is 16.1 Å². The molecule has 0 fully saturated rings. The third kappa shape index (κ3) is 5.54. The summed E-state index contributed by atoms with van der Waals surface area (Å²) in [5, 5.41) is 12.8. The second kappa shape index (κ2) is 8.75. The first kappa shape index (κ1) is 18.4. The van der Waals surface area contributed by atoms with Crippen LogP contribution in [0.1, 0.15) is 21.5 Å².